The molecule has 0 amide bonds. The molecule has 31 heavy (non-hydrogen) atoms. The van der Waals surface area contributed by atoms with Crippen molar-refractivity contribution >= 4 is 5.69 Å². The van der Waals surface area contributed by atoms with Crippen molar-refractivity contribution in [2.75, 3.05) is 18.0 Å². The van der Waals surface area contributed by atoms with Crippen molar-refractivity contribution in [3.05, 3.63) is 57.1 Å². The minimum Gasteiger partial charge on any atom is -0.441 e. The summed E-state index contributed by atoms with van der Waals surface area (Å²) in [6.45, 7) is 4.20. The average molecular weight is 438 g/mol. The lowest BCUT2D eigenvalue weighted by Crippen LogP contribution is -2.33. The van der Waals surface area contributed by atoms with E-state index in [0.717, 1.165) is 36.2 Å². The Labute approximate surface area is 181 Å². The maximum atomic E-state index is 13.3. The number of halogens is 1. The fraction of sp³-hybridized carbons (Fsp3) is 0.545. The number of benzene rings is 1. The van der Waals surface area contributed by atoms with Gasteiger partial charge in [-0.3, -0.25) is 19.1 Å². The zero-order valence-corrected chi connectivity index (χ0v) is 18.2. The molecule has 0 aliphatic heterocycles. The van der Waals surface area contributed by atoms with Gasteiger partial charge in [0.1, 0.15) is 12.5 Å². The van der Waals surface area contributed by atoms with Gasteiger partial charge in [0.15, 0.2) is 0 Å². The molecule has 2 rings (SSSR count). The van der Waals surface area contributed by atoms with Crippen LogP contribution in [-0.4, -0.2) is 34.2 Å². The number of anilines is 1. The summed E-state index contributed by atoms with van der Waals surface area (Å²) in [4.78, 5) is 26.8. The van der Waals surface area contributed by atoms with Gasteiger partial charge in [-0.1, -0.05) is 39.5 Å². The smallest absolute Gasteiger partial charge is 0.330 e. The lowest BCUT2D eigenvalue weighted by atomic mass is 10.2. The van der Waals surface area contributed by atoms with Crippen molar-refractivity contribution < 1.29 is 19.0 Å². The Morgan fingerprint density at radius 3 is 2.26 bits per heavy atom. The van der Waals surface area contributed by atoms with E-state index in [1.807, 2.05) is 12.1 Å². The molecule has 2 aromatic rings. The van der Waals surface area contributed by atoms with Gasteiger partial charge in [0.25, 0.3) is 5.56 Å². The Kier molecular flexibility index (Phi) is 10.3. The zero-order valence-electron chi connectivity index (χ0n) is 18.2. The van der Waals surface area contributed by atoms with E-state index in [-0.39, 0.29) is 0 Å². The van der Waals surface area contributed by atoms with Gasteiger partial charge in [0, 0.05) is 18.8 Å². The minimum atomic E-state index is -1.67. The molecule has 0 aliphatic rings. The number of aliphatic hydroxyl groups is 1. The summed E-state index contributed by atoms with van der Waals surface area (Å²) >= 11 is 0. The molecule has 0 aliphatic carbocycles. The number of nitrogens with zero attached hydrogens (tertiary/aromatic N) is 2. The van der Waals surface area contributed by atoms with Gasteiger partial charge < -0.3 is 14.7 Å². The van der Waals surface area contributed by atoms with Gasteiger partial charge in [0.05, 0.1) is 6.20 Å². The number of H-pyrrole nitrogens is 1. The van der Waals surface area contributed by atoms with E-state index in [0.29, 0.717) is 11.9 Å². The molecule has 0 saturated heterocycles. The standard InChI is InChI=1S/C22H32FN3O5/c1-3-5-7-13-25(14-8-6-4-2)17-9-11-18(12-10-17)31-22(29)30-16-26-15-19(23)20(27)24-21(26)28/h9-12,15,22,29H,3-8,13-14,16H2,1-2H3,(H,24,27,28). The highest BCUT2D eigenvalue weighted by Gasteiger charge is 2.11. The second kappa shape index (κ2) is 12.9. The lowest BCUT2D eigenvalue weighted by molar-refractivity contribution is -0.234. The number of aliphatic hydroxyl groups excluding tert-OH is 1. The molecule has 8 nitrogen and oxygen atoms in total. The normalized spacial score (nSPS) is 12.0. The van der Waals surface area contributed by atoms with Gasteiger partial charge in [0.2, 0.25) is 5.82 Å². The van der Waals surface area contributed by atoms with Crippen LogP contribution < -0.4 is 20.9 Å². The summed E-state index contributed by atoms with van der Waals surface area (Å²) < 4.78 is 24.4. The SMILES string of the molecule is CCCCCN(CCCCC)c1ccc(OC(O)OCn2cc(F)c(=O)[nH]c2=O)cc1. The third kappa shape index (κ3) is 8.18. The van der Waals surface area contributed by atoms with Gasteiger partial charge in [-0.05, 0) is 37.1 Å². The van der Waals surface area contributed by atoms with E-state index < -0.39 is 30.3 Å². The molecule has 1 heterocycles. The summed E-state index contributed by atoms with van der Waals surface area (Å²) in [5.74, 6) is -0.741. The summed E-state index contributed by atoms with van der Waals surface area (Å²) in [6, 6.07) is 7.34. The number of ether oxygens (including phenoxy) is 2. The predicted octanol–water partition coefficient (Wildman–Crippen LogP) is 3.19. The quantitative estimate of drug-likeness (QED) is 0.348. The second-order valence-electron chi connectivity index (χ2n) is 7.32. The lowest BCUT2D eigenvalue weighted by Gasteiger charge is -2.25. The molecule has 172 valence electrons. The summed E-state index contributed by atoms with van der Waals surface area (Å²) in [7, 11) is 0. The Morgan fingerprint density at radius 2 is 1.68 bits per heavy atom. The number of nitrogens with one attached hydrogen (secondary N) is 1. The highest BCUT2D eigenvalue weighted by molar-refractivity contribution is 5.49. The number of hydrogen-bond donors (Lipinski definition) is 2. The van der Waals surface area contributed by atoms with Crippen LogP contribution in [0.3, 0.4) is 0 Å². The summed E-state index contributed by atoms with van der Waals surface area (Å²) in [5.41, 5.74) is -0.879. The molecule has 0 fully saturated rings. The first-order valence-electron chi connectivity index (χ1n) is 10.7. The Bertz CT molecular complexity index is 887. The van der Waals surface area contributed by atoms with Crippen LogP contribution in [0.1, 0.15) is 52.4 Å². The molecule has 1 unspecified atom stereocenters. The van der Waals surface area contributed by atoms with Crippen molar-refractivity contribution in [3.63, 3.8) is 0 Å². The van der Waals surface area contributed by atoms with Crippen LogP contribution in [0.4, 0.5) is 10.1 Å². The maximum Gasteiger partial charge on any atom is 0.330 e. The van der Waals surface area contributed by atoms with Crippen LogP contribution in [0, 0.1) is 5.82 Å². The number of aromatic nitrogens is 2. The van der Waals surface area contributed by atoms with E-state index in [9.17, 15) is 19.1 Å². The zero-order chi connectivity index (χ0) is 22.6. The van der Waals surface area contributed by atoms with Crippen molar-refractivity contribution in [2.45, 2.75) is 65.6 Å². The Hall–Kier alpha value is -2.65. The molecule has 0 spiro atoms. The summed E-state index contributed by atoms with van der Waals surface area (Å²) in [6.07, 6.45) is 7.70. The molecule has 2 N–H and O–H groups in total. The Morgan fingerprint density at radius 1 is 1.06 bits per heavy atom. The first-order valence-corrected chi connectivity index (χ1v) is 10.7. The van der Waals surface area contributed by atoms with Crippen LogP contribution >= 0.6 is 0 Å². The number of rotatable bonds is 14. The van der Waals surface area contributed by atoms with Crippen molar-refractivity contribution in [3.8, 4) is 5.75 Å². The van der Waals surface area contributed by atoms with E-state index in [1.54, 1.807) is 17.1 Å². The average Bonchev–Trinajstić information content (AvgIpc) is 2.75. The van der Waals surface area contributed by atoms with E-state index in [1.165, 1.54) is 25.7 Å². The largest absolute Gasteiger partial charge is 0.441 e. The van der Waals surface area contributed by atoms with E-state index in [2.05, 4.69) is 18.7 Å². The van der Waals surface area contributed by atoms with Crippen LogP contribution in [0.15, 0.2) is 40.1 Å². The molecular weight excluding hydrogens is 405 g/mol. The topological polar surface area (TPSA) is 96.8 Å². The minimum absolute atomic E-state index is 0.387. The second-order valence-corrected chi connectivity index (χ2v) is 7.32. The highest BCUT2D eigenvalue weighted by atomic mass is 19.1. The molecule has 1 atom stereocenters. The first-order chi connectivity index (χ1) is 14.9. The van der Waals surface area contributed by atoms with Crippen LogP contribution in [0.25, 0.3) is 0 Å². The van der Waals surface area contributed by atoms with Gasteiger partial charge in [-0.25, -0.2) is 4.79 Å². The predicted molar refractivity (Wildman–Crippen MR) is 117 cm³/mol. The third-order valence-electron chi connectivity index (χ3n) is 4.83. The van der Waals surface area contributed by atoms with Gasteiger partial charge in [-0.15, -0.1) is 0 Å². The third-order valence-corrected chi connectivity index (χ3v) is 4.83. The first kappa shape index (κ1) is 24.6. The molecule has 0 saturated carbocycles. The maximum absolute atomic E-state index is 13.3. The van der Waals surface area contributed by atoms with Crippen molar-refractivity contribution in [1.82, 2.24) is 9.55 Å². The van der Waals surface area contributed by atoms with Crippen LogP contribution in [0.2, 0.25) is 0 Å². The number of hydrogen-bond acceptors (Lipinski definition) is 6. The van der Waals surface area contributed by atoms with Crippen LogP contribution in [0.5, 0.6) is 5.75 Å². The van der Waals surface area contributed by atoms with Gasteiger partial charge >= 0.3 is 12.2 Å². The number of unbranched alkanes of at least 4 members (excludes halogenated alkanes) is 4. The molecule has 0 radical (unpaired) electrons. The van der Waals surface area contributed by atoms with E-state index >= 15 is 0 Å². The molecule has 1 aromatic heterocycles. The fourth-order valence-corrected chi connectivity index (χ4v) is 3.08. The fourth-order valence-electron chi connectivity index (χ4n) is 3.08. The number of aromatic amines is 1. The summed E-state index contributed by atoms with van der Waals surface area (Å²) in [5, 5.41) is 9.91. The van der Waals surface area contributed by atoms with Crippen LogP contribution in [-0.2, 0) is 11.5 Å². The van der Waals surface area contributed by atoms with Gasteiger partial charge in [-0.2, -0.15) is 4.39 Å². The van der Waals surface area contributed by atoms with E-state index in [4.69, 9.17) is 9.47 Å². The molecule has 9 heteroatoms. The van der Waals surface area contributed by atoms with Crippen molar-refractivity contribution in [2.24, 2.45) is 0 Å². The van der Waals surface area contributed by atoms with Crippen molar-refractivity contribution in [1.29, 1.82) is 0 Å². The monoisotopic (exact) mass is 437 g/mol. The molecule has 1 aromatic carbocycles. The molecular formula is C22H32FN3O5. The Balaban J connectivity index is 1.92. The molecule has 0 bridgehead atoms. The highest BCUT2D eigenvalue weighted by Crippen LogP contribution is 2.21.